The highest BCUT2D eigenvalue weighted by atomic mass is 16.2. The third-order valence-electron chi connectivity index (χ3n) is 2.21. The minimum absolute atomic E-state index is 0.0436. The predicted octanol–water partition coefficient (Wildman–Crippen LogP) is -0.120. The maximum Gasteiger partial charge on any atom is 0.251 e. The summed E-state index contributed by atoms with van der Waals surface area (Å²) in [6.45, 7) is 2.13. The van der Waals surface area contributed by atoms with Crippen LogP contribution in [0.25, 0.3) is 0 Å². The Bertz CT molecular complexity index is 379. The molecule has 2 amide bonds. The summed E-state index contributed by atoms with van der Waals surface area (Å²) in [7, 11) is 0. The van der Waals surface area contributed by atoms with E-state index in [2.05, 4.69) is 10.6 Å². The molecule has 0 radical (unpaired) electrons. The van der Waals surface area contributed by atoms with Crippen molar-refractivity contribution in [2.75, 3.05) is 13.1 Å². The van der Waals surface area contributed by atoms with Gasteiger partial charge in [-0.15, -0.1) is 0 Å². The molecular weight excluding hydrogens is 218 g/mol. The Morgan fingerprint density at radius 3 is 2.53 bits per heavy atom. The number of hydrogen-bond acceptors (Lipinski definition) is 3. The molecule has 0 fully saturated rings. The van der Waals surface area contributed by atoms with Gasteiger partial charge in [0, 0.05) is 18.2 Å². The average molecular weight is 235 g/mol. The Morgan fingerprint density at radius 1 is 1.29 bits per heavy atom. The molecule has 0 spiro atoms. The molecule has 1 aromatic rings. The van der Waals surface area contributed by atoms with Crippen LogP contribution in [0.5, 0.6) is 0 Å². The van der Waals surface area contributed by atoms with Gasteiger partial charge >= 0.3 is 0 Å². The third kappa shape index (κ3) is 4.65. The smallest absolute Gasteiger partial charge is 0.251 e. The van der Waals surface area contributed by atoms with Gasteiger partial charge in [0.1, 0.15) is 0 Å². The van der Waals surface area contributed by atoms with Crippen LogP contribution in [0.15, 0.2) is 30.3 Å². The molecule has 0 aliphatic rings. The molecule has 17 heavy (non-hydrogen) atoms. The lowest BCUT2D eigenvalue weighted by molar-refractivity contribution is -0.120. The first-order valence-corrected chi connectivity index (χ1v) is 5.46. The van der Waals surface area contributed by atoms with Gasteiger partial charge in [0.05, 0.1) is 6.54 Å². The van der Waals surface area contributed by atoms with Crippen molar-refractivity contribution in [1.29, 1.82) is 0 Å². The van der Waals surface area contributed by atoms with Crippen molar-refractivity contribution in [3.05, 3.63) is 35.9 Å². The number of nitrogens with one attached hydrogen (secondary N) is 2. The number of benzene rings is 1. The first kappa shape index (κ1) is 13.2. The van der Waals surface area contributed by atoms with Crippen LogP contribution in [0, 0.1) is 0 Å². The normalized spacial score (nSPS) is 11.6. The molecule has 0 saturated carbocycles. The van der Waals surface area contributed by atoms with E-state index in [4.69, 9.17) is 5.73 Å². The zero-order chi connectivity index (χ0) is 12.7. The molecule has 1 unspecified atom stereocenters. The number of rotatable bonds is 5. The van der Waals surface area contributed by atoms with Crippen molar-refractivity contribution in [3.63, 3.8) is 0 Å². The fraction of sp³-hybridized carbons (Fsp3) is 0.333. The molecule has 92 valence electrons. The third-order valence-corrected chi connectivity index (χ3v) is 2.21. The summed E-state index contributed by atoms with van der Waals surface area (Å²) >= 11 is 0. The predicted molar refractivity (Wildman–Crippen MR) is 65.4 cm³/mol. The number of amides is 2. The van der Waals surface area contributed by atoms with Crippen molar-refractivity contribution in [2.24, 2.45) is 5.73 Å². The molecule has 1 aromatic carbocycles. The zero-order valence-corrected chi connectivity index (χ0v) is 9.77. The molecule has 1 atom stereocenters. The van der Waals surface area contributed by atoms with E-state index in [0.717, 1.165) is 0 Å². The van der Waals surface area contributed by atoms with Crippen molar-refractivity contribution < 1.29 is 9.59 Å². The fourth-order valence-electron chi connectivity index (χ4n) is 1.24. The van der Waals surface area contributed by atoms with Crippen LogP contribution >= 0.6 is 0 Å². The van der Waals surface area contributed by atoms with Gasteiger partial charge < -0.3 is 16.4 Å². The van der Waals surface area contributed by atoms with Gasteiger partial charge in [-0.05, 0) is 19.1 Å². The summed E-state index contributed by atoms with van der Waals surface area (Å²) in [6, 6.07) is 8.66. The lowest BCUT2D eigenvalue weighted by Crippen LogP contribution is -2.43. The Hall–Kier alpha value is -1.88. The number of carbonyl (C=O) groups excluding carboxylic acids is 2. The first-order chi connectivity index (χ1) is 8.13. The van der Waals surface area contributed by atoms with E-state index in [0.29, 0.717) is 12.1 Å². The second-order valence-electron chi connectivity index (χ2n) is 3.75. The molecule has 0 aliphatic carbocycles. The zero-order valence-electron chi connectivity index (χ0n) is 9.77. The number of carbonyl (C=O) groups is 2. The number of hydrogen-bond donors (Lipinski definition) is 3. The largest absolute Gasteiger partial charge is 0.351 e. The van der Waals surface area contributed by atoms with Crippen LogP contribution in [-0.4, -0.2) is 30.9 Å². The second-order valence-corrected chi connectivity index (χ2v) is 3.75. The van der Waals surface area contributed by atoms with E-state index in [1.54, 1.807) is 31.2 Å². The van der Waals surface area contributed by atoms with Crippen molar-refractivity contribution in [1.82, 2.24) is 10.6 Å². The molecule has 5 nitrogen and oxygen atoms in total. The van der Waals surface area contributed by atoms with Crippen LogP contribution in [-0.2, 0) is 4.79 Å². The van der Waals surface area contributed by atoms with Gasteiger partial charge in [0.15, 0.2) is 0 Å². The summed E-state index contributed by atoms with van der Waals surface area (Å²) in [5.41, 5.74) is 5.90. The molecule has 1 rings (SSSR count). The van der Waals surface area contributed by atoms with Crippen molar-refractivity contribution >= 4 is 11.8 Å². The van der Waals surface area contributed by atoms with Crippen LogP contribution < -0.4 is 16.4 Å². The van der Waals surface area contributed by atoms with E-state index in [1.807, 2.05) is 6.07 Å². The molecule has 0 saturated heterocycles. The molecule has 0 aromatic heterocycles. The van der Waals surface area contributed by atoms with E-state index < -0.39 is 0 Å². The summed E-state index contributed by atoms with van der Waals surface area (Å²) < 4.78 is 0. The summed E-state index contributed by atoms with van der Waals surface area (Å²) in [5, 5.41) is 5.19. The Balaban J connectivity index is 2.36. The van der Waals surface area contributed by atoms with Crippen molar-refractivity contribution in [3.8, 4) is 0 Å². The highest BCUT2D eigenvalue weighted by Crippen LogP contribution is 1.97. The summed E-state index contributed by atoms with van der Waals surface area (Å²) in [4.78, 5) is 23.0. The minimum Gasteiger partial charge on any atom is -0.351 e. The van der Waals surface area contributed by atoms with Gasteiger partial charge in [0.25, 0.3) is 5.91 Å². The standard InChI is InChI=1S/C12H17N3O2/c1-9(7-13)15-11(16)8-14-12(17)10-5-3-2-4-6-10/h2-6,9H,7-8,13H2,1H3,(H,14,17)(H,15,16). The van der Waals surface area contributed by atoms with Crippen LogP contribution in [0.3, 0.4) is 0 Å². The molecule has 0 aliphatic heterocycles. The van der Waals surface area contributed by atoms with Crippen molar-refractivity contribution in [2.45, 2.75) is 13.0 Å². The highest BCUT2D eigenvalue weighted by molar-refractivity contribution is 5.96. The molecule has 4 N–H and O–H groups in total. The summed E-state index contributed by atoms with van der Waals surface area (Å²) in [5.74, 6) is -0.506. The van der Waals surface area contributed by atoms with Gasteiger partial charge in [-0.25, -0.2) is 0 Å². The molecule has 0 bridgehead atoms. The molecule has 5 heteroatoms. The van der Waals surface area contributed by atoms with E-state index in [-0.39, 0.29) is 24.4 Å². The molecular formula is C12H17N3O2. The van der Waals surface area contributed by atoms with Gasteiger partial charge in [0.2, 0.25) is 5.91 Å². The van der Waals surface area contributed by atoms with Gasteiger partial charge in [-0.2, -0.15) is 0 Å². The van der Waals surface area contributed by atoms with E-state index >= 15 is 0 Å². The Morgan fingerprint density at radius 2 is 1.94 bits per heavy atom. The first-order valence-electron chi connectivity index (χ1n) is 5.46. The Labute approximate surface area is 100 Å². The number of nitrogens with two attached hydrogens (primary N) is 1. The Kier molecular flexibility index (Phi) is 5.16. The lowest BCUT2D eigenvalue weighted by atomic mass is 10.2. The van der Waals surface area contributed by atoms with Crippen LogP contribution in [0.4, 0.5) is 0 Å². The fourth-order valence-corrected chi connectivity index (χ4v) is 1.24. The average Bonchev–Trinajstić information content (AvgIpc) is 2.36. The van der Waals surface area contributed by atoms with E-state index in [1.165, 1.54) is 0 Å². The SMILES string of the molecule is CC(CN)NC(=O)CNC(=O)c1ccccc1. The highest BCUT2D eigenvalue weighted by Gasteiger charge is 2.08. The van der Waals surface area contributed by atoms with Crippen LogP contribution in [0.1, 0.15) is 17.3 Å². The monoisotopic (exact) mass is 235 g/mol. The second kappa shape index (κ2) is 6.65. The van der Waals surface area contributed by atoms with Gasteiger partial charge in [-0.1, -0.05) is 18.2 Å². The van der Waals surface area contributed by atoms with Gasteiger partial charge in [-0.3, -0.25) is 9.59 Å². The maximum atomic E-state index is 11.6. The molecule has 0 heterocycles. The topological polar surface area (TPSA) is 84.2 Å². The summed E-state index contributed by atoms with van der Waals surface area (Å²) in [6.07, 6.45) is 0. The maximum absolute atomic E-state index is 11.6. The quantitative estimate of drug-likeness (QED) is 0.665. The van der Waals surface area contributed by atoms with E-state index in [9.17, 15) is 9.59 Å². The van der Waals surface area contributed by atoms with Crippen LogP contribution in [0.2, 0.25) is 0 Å². The lowest BCUT2D eigenvalue weighted by Gasteiger charge is -2.11. The minimum atomic E-state index is -0.263.